The van der Waals surface area contributed by atoms with Crippen molar-refractivity contribution in [2.45, 2.75) is 57.5 Å². The molecule has 2 unspecified atom stereocenters. The zero-order valence-electron chi connectivity index (χ0n) is 11.6. The molecule has 1 fully saturated rings. The van der Waals surface area contributed by atoms with Gasteiger partial charge >= 0.3 is 5.97 Å². The van der Waals surface area contributed by atoms with E-state index in [9.17, 15) is 13.2 Å². The quantitative estimate of drug-likeness (QED) is 0.842. The topological polar surface area (TPSA) is 80.7 Å². The van der Waals surface area contributed by atoms with Crippen molar-refractivity contribution in [1.29, 1.82) is 0 Å². The molecule has 1 N–H and O–H groups in total. The first kappa shape index (κ1) is 15.4. The molecule has 0 radical (unpaired) electrons. The van der Waals surface area contributed by atoms with E-state index in [-0.39, 0.29) is 5.75 Å². The van der Waals surface area contributed by atoms with Crippen LogP contribution in [0, 0.1) is 5.92 Å². The van der Waals surface area contributed by atoms with Crippen LogP contribution >= 0.6 is 0 Å². The number of rotatable bonds is 4. The van der Waals surface area contributed by atoms with Crippen LogP contribution in [-0.2, 0) is 19.4 Å². The number of aliphatic carboxylic acids is 1. The number of carboxylic acids is 1. The summed E-state index contributed by atoms with van der Waals surface area (Å²) < 4.78 is 30.4. The Labute approximate surface area is 108 Å². The summed E-state index contributed by atoms with van der Waals surface area (Å²) in [5, 5.41) is 8.17. The molecular weight excluding hydrogens is 256 g/mol. The molecular formula is C12H22O5S. The van der Waals surface area contributed by atoms with Crippen molar-refractivity contribution >= 4 is 15.8 Å². The van der Waals surface area contributed by atoms with Gasteiger partial charge in [0.05, 0.1) is 28.1 Å². The molecule has 0 aromatic heterocycles. The van der Waals surface area contributed by atoms with Crippen molar-refractivity contribution in [3.63, 3.8) is 0 Å². The Bertz CT molecular complexity index is 435. The van der Waals surface area contributed by atoms with Crippen LogP contribution in [0.25, 0.3) is 0 Å². The van der Waals surface area contributed by atoms with E-state index in [4.69, 9.17) is 9.84 Å². The van der Waals surface area contributed by atoms with Crippen LogP contribution in [0.2, 0.25) is 0 Å². The first-order valence-corrected chi connectivity index (χ1v) is 7.73. The Kier molecular flexibility index (Phi) is 3.85. The smallest absolute Gasteiger partial charge is 0.307 e. The van der Waals surface area contributed by atoms with E-state index >= 15 is 0 Å². The van der Waals surface area contributed by atoms with Crippen molar-refractivity contribution < 1.29 is 23.1 Å². The summed E-state index contributed by atoms with van der Waals surface area (Å²) in [6.45, 7) is 8.61. The fourth-order valence-corrected chi connectivity index (χ4v) is 5.25. The zero-order chi connectivity index (χ0) is 14.4. The van der Waals surface area contributed by atoms with Gasteiger partial charge in [0, 0.05) is 0 Å². The maximum Gasteiger partial charge on any atom is 0.307 e. The number of hydrogen-bond donors (Lipinski definition) is 1. The summed E-state index contributed by atoms with van der Waals surface area (Å²) in [5.41, 5.74) is -1.27. The summed E-state index contributed by atoms with van der Waals surface area (Å²) in [7, 11) is -3.49. The highest BCUT2D eigenvalue weighted by molar-refractivity contribution is 7.92. The highest BCUT2D eigenvalue weighted by atomic mass is 32.2. The van der Waals surface area contributed by atoms with E-state index in [0.717, 1.165) is 0 Å². The van der Waals surface area contributed by atoms with Crippen LogP contribution in [0.5, 0.6) is 0 Å². The van der Waals surface area contributed by atoms with Gasteiger partial charge in [-0.3, -0.25) is 4.79 Å². The first-order chi connectivity index (χ1) is 7.87. The van der Waals surface area contributed by atoms with Crippen LogP contribution in [-0.4, -0.2) is 41.7 Å². The third kappa shape index (κ3) is 3.23. The lowest BCUT2D eigenvalue weighted by molar-refractivity contribution is -0.140. The van der Waals surface area contributed by atoms with Crippen molar-refractivity contribution in [3.05, 3.63) is 0 Å². The van der Waals surface area contributed by atoms with Crippen LogP contribution in [0.1, 0.15) is 41.0 Å². The summed E-state index contributed by atoms with van der Waals surface area (Å²) >= 11 is 0. The van der Waals surface area contributed by atoms with Gasteiger partial charge in [-0.25, -0.2) is 8.42 Å². The molecule has 2 atom stereocenters. The van der Waals surface area contributed by atoms with Gasteiger partial charge in [-0.2, -0.15) is 0 Å². The lowest BCUT2D eigenvalue weighted by Crippen LogP contribution is -2.41. The molecule has 0 saturated carbocycles. The van der Waals surface area contributed by atoms with E-state index in [0.29, 0.717) is 6.42 Å². The number of carbonyl (C=O) groups is 1. The second-order valence-corrected chi connectivity index (χ2v) is 8.45. The molecule has 0 spiro atoms. The predicted molar refractivity (Wildman–Crippen MR) is 68.2 cm³/mol. The van der Waals surface area contributed by atoms with Gasteiger partial charge in [-0.1, -0.05) is 6.92 Å². The molecule has 18 heavy (non-hydrogen) atoms. The van der Waals surface area contributed by atoms with E-state index in [1.165, 1.54) is 6.92 Å². The lowest BCUT2D eigenvalue weighted by Gasteiger charge is -2.27. The standard InChI is InChI=1S/C12H22O5S/c1-8(10(13)14)7-18(15,16)9-6-11(2,3)17-12(9,4)5/h8-9H,6-7H2,1-5H3,(H,13,14). The molecule has 0 aliphatic carbocycles. The van der Waals surface area contributed by atoms with Gasteiger partial charge < -0.3 is 9.84 Å². The predicted octanol–water partition coefficient (Wildman–Crippen LogP) is 1.47. The van der Waals surface area contributed by atoms with Crippen LogP contribution in [0.15, 0.2) is 0 Å². The van der Waals surface area contributed by atoms with Gasteiger partial charge in [-0.05, 0) is 34.1 Å². The average molecular weight is 278 g/mol. The second kappa shape index (κ2) is 4.49. The molecule has 5 nitrogen and oxygen atoms in total. The second-order valence-electron chi connectivity index (χ2n) is 6.23. The summed E-state index contributed by atoms with van der Waals surface area (Å²) in [4.78, 5) is 10.8. The Balaban J connectivity index is 2.96. The molecule has 0 amide bonds. The molecule has 1 saturated heterocycles. The molecule has 1 heterocycles. The summed E-state index contributed by atoms with van der Waals surface area (Å²) in [6.07, 6.45) is 0.397. The Morgan fingerprint density at radius 2 is 1.89 bits per heavy atom. The monoisotopic (exact) mass is 278 g/mol. The van der Waals surface area contributed by atoms with E-state index in [1.807, 2.05) is 13.8 Å². The van der Waals surface area contributed by atoms with Crippen molar-refractivity contribution in [3.8, 4) is 0 Å². The molecule has 106 valence electrons. The van der Waals surface area contributed by atoms with E-state index in [2.05, 4.69) is 0 Å². The third-order valence-electron chi connectivity index (χ3n) is 3.33. The maximum absolute atomic E-state index is 12.3. The molecule has 0 aromatic carbocycles. The van der Waals surface area contributed by atoms with E-state index in [1.54, 1.807) is 13.8 Å². The SMILES string of the molecule is CC(CS(=O)(=O)C1CC(C)(C)OC1(C)C)C(=O)O. The Morgan fingerprint density at radius 1 is 1.39 bits per heavy atom. The fourth-order valence-electron chi connectivity index (χ4n) is 2.61. The summed E-state index contributed by atoms with van der Waals surface area (Å²) in [5.74, 6) is -2.32. The van der Waals surface area contributed by atoms with Gasteiger partial charge in [0.25, 0.3) is 0 Å². The lowest BCUT2D eigenvalue weighted by atomic mass is 10.0. The minimum absolute atomic E-state index is 0.337. The molecule has 0 bridgehead atoms. The minimum Gasteiger partial charge on any atom is -0.481 e. The number of hydrogen-bond acceptors (Lipinski definition) is 4. The third-order valence-corrected chi connectivity index (χ3v) is 5.89. The van der Waals surface area contributed by atoms with Crippen molar-refractivity contribution in [2.24, 2.45) is 5.92 Å². The van der Waals surface area contributed by atoms with Gasteiger partial charge in [0.15, 0.2) is 9.84 Å². The number of ether oxygens (including phenoxy) is 1. The van der Waals surface area contributed by atoms with Gasteiger partial charge in [0.2, 0.25) is 0 Å². The first-order valence-electron chi connectivity index (χ1n) is 6.02. The van der Waals surface area contributed by atoms with Crippen LogP contribution < -0.4 is 0 Å². The van der Waals surface area contributed by atoms with Crippen molar-refractivity contribution in [2.75, 3.05) is 5.75 Å². The molecule has 0 aromatic rings. The maximum atomic E-state index is 12.3. The highest BCUT2D eigenvalue weighted by Crippen LogP contribution is 2.41. The van der Waals surface area contributed by atoms with Crippen LogP contribution in [0.4, 0.5) is 0 Å². The highest BCUT2D eigenvalue weighted by Gasteiger charge is 2.52. The Morgan fingerprint density at radius 3 is 2.22 bits per heavy atom. The largest absolute Gasteiger partial charge is 0.481 e. The van der Waals surface area contributed by atoms with E-state index < -0.39 is 38.2 Å². The summed E-state index contributed by atoms with van der Waals surface area (Å²) in [6, 6.07) is 0. The van der Waals surface area contributed by atoms with Gasteiger partial charge in [-0.15, -0.1) is 0 Å². The van der Waals surface area contributed by atoms with Crippen molar-refractivity contribution in [1.82, 2.24) is 0 Å². The average Bonchev–Trinajstić information content (AvgIpc) is 2.33. The molecule has 1 rings (SSSR count). The normalized spacial score (nSPS) is 27.9. The van der Waals surface area contributed by atoms with Crippen LogP contribution in [0.3, 0.4) is 0 Å². The van der Waals surface area contributed by atoms with Gasteiger partial charge in [0.1, 0.15) is 0 Å². The number of carboxylic acid groups (broad SMARTS) is 1. The number of sulfone groups is 1. The molecule has 1 aliphatic rings. The molecule has 6 heteroatoms. The zero-order valence-corrected chi connectivity index (χ0v) is 12.4. The molecule has 1 aliphatic heterocycles. The minimum atomic E-state index is -3.49. The Hall–Kier alpha value is -0.620. The fraction of sp³-hybridized carbons (Fsp3) is 0.917.